The van der Waals surface area contributed by atoms with Gasteiger partial charge in [0.15, 0.2) is 0 Å². The van der Waals surface area contributed by atoms with Crippen molar-refractivity contribution < 1.29 is 0 Å². The first kappa shape index (κ1) is 11.1. The minimum atomic E-state index is 0.662. The molecule has 0 bridgehead atoms. The first-order valence-electron chi connectivity index (χ1n) is 5.90. The Morgan fingerprint density at radius 1 is 1.53 bits per heavy atom. The van der Waals surface area contributed by atoms with E-state index in [4.69, 9.17) is 0 Å². The van der Waals surface area contributed by atoms with E-state index in [1.807, 2.05) is 6.20 Å². The van der Waals surface area contributed by atoms with Gasteiger partial charge in [-0.15, -0.1) is 11.3 Å². The van der Waals surface area contributed by atoms with Gasteiger partial charge in [-0.3, -0.25) is 0 Å². The molecule has 0 aromatic carbocycles. The van der Waals surface area contributed by atoms with E-state index in [1.165, 1.54) is 35.6 Å². The van der Waals surface area contributed by atoms with Crippen LogP contribution in [0.15, 0.2) is 6.20 Å². The van der Waals surface area contributed by atoms with Crippen molar-refractivity contribution >= 4 is 11.3 Å². The monoisotopic (exact) mass is 224 g/mol. The molecule has 1 N–H and O–H groups in total. The molecule has 1 aromatic rings. The lowest BCUT2D eigenvalue weighted by atomic mass is 10.00. The molecule has 1 fully saturated rings. The van der Waals surface area contributed by atoms with Gasteiger partial charge in [-0.1, -0.05) is 12.8 Å². The topological polar surface area (TPSA) is 24.9 Å². The lowest BCUT2D eigenvalue weighted by Crippen LogP contribution is -2.31. The standard InChI is InChI=1S/C12H20N2S/c1-9(11-5-3-4-6-11)13-7-12-8-14-10(2)15-12/h8-9,11,13H,3-7H2,1-2H3/t9-/m0/s1. The van der Waals surface area contributed by atoms with Crippen molar-refractivity contribution in [1.29, 1.82) is 0 Å². The number of hydrogen-bond donors (Lipinski definition) is 1. The summed E-state index contributed by atoms with van der Waals surface area (Å²) in [5.41, 5.74) is 0. The molecule has 84 valence electrons. The quantitative estimate of drug-likeness (QED) is 0.850. The van der Waals surface area contributed by atoms with Crippen molar-refractivity contribution in [2.45, 2.75) is 52.1 Å². The molecule has 15 heavy (non-hydrogen) atoms. The number of nitrogens with one attached hydrogen (secondary N) is 1. The van der Waals surface area contributed by atoms with Crippen molar-refractivity contribution in [3.8, 4) is 0 Å². The van der Waals surface area contributed by atoms with Crippen LogP contribution in [0.25, 0.3) is 0 Å². The largest absolute Gasteiger partial charge is 0.309 e. The predicted octanol–water partition coefficient (Wildman–Crippen LogP) is 3.12. The summed E-state index contributed by atoms with van der Waals surface area (Å²) in [6, 6.07) is 0.662. The molecular formula is C12H20N2S. The Balaban J connectivity index is 1.77. The van der Waals surface area contributed by atoms with Gasteiger partial charge >= 0.3 is 0 Å². The van der Waals surface area contributed by atoms with Crippen LogP contribution in [0.1, 0.15) is 42.5 Å². The van der Waals surface area contributed by atoms with Gasteiger partial charge in [0.1, 0.15) is 0 Å². The van der Waals surface area contributed by atoms with E-state index in [9.17, 15) is 0 Å². The fourth-order valence-electron chi connectivity index (χ4n) is 2.37. The first-order valence-corrected chi connectivity index (χ1v) is 6.72. The maximum atomic E-state index is 4.27. The number of hydrogen-bond acceptors (Lipinski definition) is 3. The van der Waals surface area contributed by atoms with Crippen LogP contribution in [0.3, 0.4) is 0 Å². The average Bonchev–Trinajstić information content (AvgIpc) is 2.84. The summed E-state index contributed by atoms with van der Waals surface area (Å²) in [4.78, 5) is 5.63. The van der Waals surface area contributed by atoms with Gasteiger partial charge in [-0.05, 0) is 32.6 Å². The van der Waals surface area contributed by atoms with Crippen molar-refractivity contribution in [2.75, 3.05) is 0 Å². The van der Waals surface area contributed by atoms with Crippen LogP contribution in [0, 0.1) is 12.8 Å². The molecule has 1 heterocycles. The van der Waals surface area contributed by atoms with E-state index < -0.39 is 0 Å². The van der Waals surface area contributed by atoms with E-state index in [0.717, 1.165) is 12.5 Å². The van der Waals surface area contributed by atoms with Gasteiger partial charge < -0.3 is 5.32 Å². The third-order valence-electron chi connectivity index (χ3n) is 3.37. The lowest BCUT2D eigenvalue weighted by Gasteiger charge is -2.19. The fraction of sp³-hybridized carbons (Fsp3) is 0.750. The molecule has 2 rings (SSSR count). The van der Waals surface area contributed by atoms with Crippen molar-refractivity contribution in [2.24, 2.45) is 5.92 Å². The van der Waals surface area contributed by atoms with E-state index in [-0.39, 0.29) is 0 Å². The molecule has 0 radical (unpaired) electrons. The summed E-state index contributed by atoms with van der Waals surface area (Å²) in [5.74, 6) is 0.902. The van der Waals surface area contributed by atoms with E-state index in [1.54, 1.807) is 11.3 Å². The molecule has 0 spiro atoms. The molecule has 0 amide bonds. The molecule has 1 atom stereocenters. The Morgan fingerprint density at radius 2 is 2.27 bits per heavy atom. The zero-order valence-corrected chi connectivity index (χ0v) is 10.4. The van der Waals surface area contributed by atoms with Gasteiger partial charge in [0.05, 0.1) is 5.01 Å². The molecule has 1 aliphatic carbocycles. The molecule has 0 unspecified atom stereocenters. The summed E-state index contributed by atoms with van der Waals surface area (Å²) >= 11 is 1.80. The molecule has 1 aromatic heterocycles. The summed E-state index contributed by atoms with van der Waals surface area (Å²) in [7, 11) is 0. The third-order valence-corrected chi connectivity index (χ3v) is 4.29. The van der Waals surface area contributed by atoms with Gasteiger partial charge in [0.25, 0.3) is 0 Å². The highest BCUT2D eigenvalue weighted by molar-refractivity contribution is 7.11. The molecule has 0 saturated heterocycles. The Kier molecular flexibility index (Phi) is 3.76. The molecule has 2 nitrogen and oxygen atoms in total. The second-order valence-electron chi connectivity index (χ2n) is 4.56. The Morgan fingerprint density at radius 3 is 2.87 bits per heavy atom. The highest BCUT2D eigenvalue weighted by Gasteiger charge is 2.20. The van der Waals surface area contributed by atoms with Gasteiger partial charge in [-0.2, -0.15) is 0 Å². The Labute approximate surface area is 96.1 Å². The minimum Gasteiger partial charge on any atom is -0.309 e. The Bertz CT molecular complexity index is 302. The van der Waals surface area contributed by atoms with Gasteiger partial charge in [-0.25, -0.2) is 4.98 Å². The lowest BCUT2D eigenvalue weighted by molar-refractivity contribution is 0.381. The number of thiazole rings is 1. The minimum absolute atomic E-state index is 0.662. The number of aromatic nitrogens is 1. The predicted molar refractivity (Wildman–Crippen MR) is 65.1 cm³/mol. The number of nitrogens with zero attached hydrogens (tertiary/aromatic N) is 1. The summed E-state index contributed by atoms with van der Waals surface area (Å²) in [6.07, 6.45) is 7.67. The summed E-state index contributed by atoms with van der Waals surface area (Å²) in [5, 5.41) is 4.79. The molecule has 1 saturated carbocycles. The third kappa shape index (κ3) is 3.02. The van der Waals surface area contributed by atoms with Crippen LogP contribution in [-0.4, -0.2) is 11.0 Å². The SMILES string of the molecule is Cc1ncc(CN[C@@H](C)C2CCCC2)s1. The highest BCUT2D eigenvalue weighted by atomic mass is 32.1. The van der Waals surface area contributed by atoms with Crippen LogP contribution in [-0.2, 0) is 6.54 Å². The zero-order valence-electron chi connectivity index (χ0n) is 9.62. The van der Waals surface area contributed by atoms with E-state index in [0.29, 0.717) is 6.04 Å². The normalized spacial score (nSPS) is 19.6. The average molecular weight is 224 g/mol. The van der Waals surface area contributed by atoms with Crippen LogP contribution in [0.5, 0.6) is 0 Å². The molecular weight excluding hydrogens is 204 g/mol. The second-order valence-corrected chi connectivity index (χ2v) is 5.88. The Hall–Kier alpha value is -0.410. The first-order chi connectivity index (χ1) is 7.25. The maximum Gasteiger partial charge on any atom is 0.0897 e. The van der Waals surface area contributed by atoms with E-state index in [2.05, 4.69) is 24.1 Å². The highest BCUT2D eigenvalue weighted by Crippen LogP contribution is 2.27. The van der Waals surface area contributed by atoms with Crippen LogP contribution in [0.2, 0.25) is 0 Å². The van der Waals surface area contributed by atoms with Gasteiger partial charge in [0.2, 0.25) is 0 Å². The van der Waals surface area contributed by atoms with Crippen molar-refractivity contribution in [1.82, 2.24) is 10.3 Å². The zero-order chi connectivity index (χ0) is 10.7. The van der Waals surface area contributed by atoms with Crippen molar-refractivity contribution in [3.05, 3.63) is 16.1 Å². The smallest absolute Gasteiger partial charge is 0.0897 e. The number of aryl methyl sites for hydroxylation is 1. The van der Waals surface area contributed by atoms with Crippen molar-refractivity contribution in [3.63, 3.8) is 0 Å². The molecule has 3 heteroatoms. The van der Waals surface area contributed by atoms with Crippen LogP contribution in [0.4, 0.5) is 0 Å². The fourth-order valence-corrected chi connectivity index (χ4v) is 3.12. The second kappa shape index (κ2) is 5.08. The molecule has 1 aliphatic rings. The maximum absolute atomic E-state index is 4.27. The van der Waals surface area contributed by atoms with Crippen LogP contribution >= 0.6 is 11.3 Å². The van der Waals surface area contributed by atoms with Gasteiger partial charge in [0, 0.05) is 23.7 Å². The number of rotatable bonds is 4. The summed E-state index contributed by atoms with van der Waals surface area (Å²) < 4.78 is 0. The molecule has 0 aliphatic heterocycles. The van der Waals surface area contributed by atoms with Crippen LogP contribution < -0.4 is 5.32 Å². The summed E-state index contributed by atoms with van der Waals surface area (Å²) in [6.45, 7) is 5.38. The van der Waals surface area contributed by atoms with E-state index >= 15 is 0 Å².